The molecule has 0 aliphatic carbocycles. The first kappa shape index (κ1) is 15.3. The molecule has 0 aliphatic heterocycles. The third-order valence-electron chi connectivity index (χ3n) is 1.62. The molecule has 0 saturated heterocycles. The number of thioether (sulfide) groups is 1. The molecule has 0 aliphatic rings. The number of nitrogens with one attached hydrogen (secondary N) is 1. The second-order valence-corrected chi connectivity index (χ2v) is 5.72. The minimum absolute atomic E-state index is 0.141. The quantitative estimate of drug-likeness (QED) is 0.731. The van der Waals surface area contributed by atoms with Crippen molar-refractivity contribution in [2.45, 2.75) is 45.8 Å². The van der Waals surface area contributed by atoms with Crippen LogP contribution in [0.5, 0.6) is 0 Å². The van der Waals surface area contributed by atoms with Crippen LogP contribution in [-0.4, -0.2) is 35.5 Å². The van der Waals surface area contributed by atoms with Crippen molar-refractivity contribution in [3.8, 4) is 0 Å². The summed E-state index contributed by atoms with van der Waals surface area (Å²) in [6.45, 7) is 7.46. The number of alkyl carbamates (subject to hydrolysis) is 1. The second-order valence-electron chi connectivity index (χ2n) is 4.40. The normalized spacial score (nSPS) is 13.0. The molecule has 0 bridgehead atoms. The minimum atomic E-state index is -0.506. The Morgan fingerprint density at radius 1 is 1.50 bits per heavy atom. The molecule has 0 unspecified atom stereocenters. The fraction of sp³-hybridized carbons (Fsp3) is 0.818. The summed E-state index contributed by atoms with van der Waals surface area (Å²) < 4.78 is 5.12. The van der Waals surface area contributed by atoms with Crippen molar-refractivity contribution in [2.75, 3.05) is 11.5 Å². The van der Waals surface area contributed by atoms with Crippen LogP contribution in [0.4, 0.5) is 4.79 Å². The fourth-order valence-corrected chi connectivity index (χ4v) is 1.76. The Bertz CT molecular complexity index is 226. The molecule has 0 aromatic rings. The predicted molar refractivity (Wildman–Crippen MR) is 66.8 cm³/mol. The molecule has 0 saturated carbocycles. The van der Waals surface area contributed by atoms with Gasteiger partial charge in [-0.25, -0.2) is 4.79 Å². The number of aldehydes is 1. The van der Waals surface area contributed by atoms with Gasteiger partial charge in [0.25, 0.3) is 0 Å². The van der Waals surface area contributed by atoms with E-state index in [2.05, 4.69) is 5.32 Å². The second kappa shape index (κ2) is 7.54. The van der Waals surface area contributed by atoms with E-state index < -0.39 is 11.7 Å². The monoisotopic (exact) mass is 247 g/mol. The molecule has 0 heterocycles. The SMILES string of the molecule is CCSC[C@H](CC=O)NC(=O)OC(C)(C)C. The number of carbonyl (C=O) groups excluding carboxylic acids is 2. The molecule has 0 radical (unpaired) electrons. The highest BCUT2D eigenvalue weighted by Crippen LogP contribution is 2.09. The van der Waals surface area contributed by atoms with Crippen LogP contribution in [-0.2, 0) is 9.53 Å². The highest BCUT2D eigenvalue weighted by molar-refractivity contribution is 7.99. The summed E-state index contributed by atoms with van der Waals surface area (Å²) in [4.78, 5) is 21.9. The van der Waals surface area contributed by atoms with E-state index in [1.54, 1.807) is 11.8 Å². The Labute approximate surface area is 101 Å². The van der Waals surface area contributed by atoms with Crippen molar-refractivity contribution in [2.24, 2.45) is 0 Å². The lowest BCUT2D eigenvalue weighted by atomic mass is 10.2. The van der Waals surface area contributed by atoms with E-state index in [4.69, 9.17) is 4.74 Å². The summed E-state index contributed by atoms with van der Waals surface area (Å²) in [6.07, 6.45) is 0.681. The third-order valence-corrected chi connectivity index (χ3v) is 2.67. The van der Waals surface area contributed by atoms with E-state index in [0.717, 1.165) is 17.8 Å². The van der Waals surface area contributed by atoms with Crippen molar-refractivity contribution in [1.29, 1.82) is 0 Å². The van der Waals surface area contributed by atoms with Gasteiger partial charge in [0.05, 0.1) is 0 Å². The molecule has 1 N–H and O–H groups in total. The molecular formula is C11H21NO3S. The summed E-state index contributed by atoms with van der Waals surface area (Å²) in [5.41, 5.74) is -0.506. The molecule has 16 heavy (non-hydrogen) atoms. The zero-order valence-electron chi connectivity index (χ0n) is 10.4. The van der Waals surface area contributed by atoms with Crippen LogP contribution in [0.25, 0.3) is 0 Å². The summed E-state index contributed by atoms with van der Waals surface area (Å²) in [5, 5.41) is 2.70. The number of rotatable bonds is 6. The van der Waals surface area contributed by atoms with Crippen molar-refractivity contribution >= 4 is 24.1 Å². The Morgan fingerprint density at radius 3 is 2.56 bits per heavy atom. The minimum Gasteiger partial charge on any atom is -0.444 e. The van der Waals surface area contributed by atoms with Gasteiger partial charge in [0, 0.05) is 18.2 Å². The molecule has 0 rings (SSSR count). The summed E-state index contributed by atoms with van der Waals surface area (Å²) in [7, 11) is 0. The zero-order chi connectivity index (χ0) is 12.6. The highest BCUT2D eigenvalue weighted by Gasteiger charge is 2.19. The maximum absolute atomic E-state index is 11.4. The van der Waals surface area contributed by atoms with Crippen LogP contribution in [0.1, 0.15) is 34.1 Å². The van der Waals surface area contributed by atoms with E-state index in [1.807, 2.05) is 27.7 Å². The molecular weight excluding hydrogens is 226 g/mol. The summed E-state index contributed by atoms with van der Waals surface area (Å²) >= 11 is 1.69. The number of hydrogen-bond acceptors (Lipinski definition) is 4. The molecule has 0 spiro atoms. The first-order valence-corrected chi connectivity index (χ1v) is 6.55. The molecule has 4 nitrogen and oxygen atoms in total. The van der Waals surface area contributed by atoms with Crippen LogP contribution in [0.2, 0.25) is 0 Å². The zero-order valence-corrected chi connectivity index (χ0v) is 11.2. The predicted octanol–water partition coefficient (Wildman–Crippen LogP) is 2.22. The van der Waals surface area contributed by atoms with Gasteiger partial charge in [-0.2, -0.15) is 11.8 Å². The molecule has 94 valence electrons. The molecule has 0 fully saturated rings. The first-order valence-electron chi connectivity index (χ1n) is 5.40. The third kappa shape index (κ3) is 8.59. The Kier molecular flexibility index (Phi) is 7.21. The summed E-state index contributed by atoms with van der Waals surface area (Å²) in [5.74, 6) is 1.69. The summed E-state index contributed by atoms with van der Waals surface area (Å²) in [6, 6.07) is -0.141. The Balaban J connectivity index is 4.06. The maximum atomic E-state index is 11.4. The van der Waals surface area contributed by atoms with Crippen LogP contribution < -0.4 is 5.32 Å². The van der Waals surface area contributed by atoms with E-state index in [0.29, 0.717) is 6.42 Å². The van der Waals surface area contributed by atoms with Gasteiger partial charge in [-0.3, -0.25) is 0 Å². The molecule has 1 atom stereocenters. The number of amides is 1. The molecule has 0 aromatic heterocycles. The van der Waals surface area contributed by atoms with Gasteiger partial charge in [-0.1, -0.05) is 6.92 Å². The fourth-order valence-electron chi connectivity index (χ4n) is 1.02. The van der Waals surface area contributed by atoms with E-state index in [1.165, 1.54) is 0 Å². The standard InChI is InChI=1S/C11H21NO3S/c1-5-16-8-9(6-7-13)12-10(14)15-11(2,3)4/h7,9H,5-6,8H2,1-4H3,(H,12,14)/t9-/m0/s1. The largest absolute Gasteiger partial charge is 0.444 e. The number of carbonyl (C=O) groups is 2. The van der Waals surface area contributed by atoms with Gasteiger partial charge < -0.3 is 14.8 Å². The first-order chi connectivity index (χ1) is 7.39. The van der Waals surface area contributed by atoms with Gasteiger partial charge in [0.1, 0.15) is 11.9 Å². The Hall–Kier alpha value is -0.710. The average molecular weight is 247 g/mol. The lowest BCUT2D eigenvalue weighted by Gasteiger charge is -2.22. The van der Waals surface area contributed by atoms with E-state index in [9.17, 15) is 9.59 Å². The lowest BCUT2D eigenvalue weighted by Crippen LogP contribution is -2.40. The average Bonchev–Trinajstić information content (AvgIpc) is 2.11. The van der Waals surface area contributed by atoms with Crippen LogP contribution >= 0.6 is 11.8 Å². The van der Waals surface area contributed by atoms with E-state index >= 15 is 0 Å². The molecule has 5 heteroatoms. The van der Waals surface area contributed by atoms with Gasteiger partial charge >= 0.3 is 6.09 Å². The number of ether oxygens (including phenoxy) is 1. The Morgan fingerprint density at radius 2 is 2.12 bits per heavy atom. The van der Waals surface area contributed by atoms with Gasteiger partial charge in [0.15, 0.2) is 0 Å². The van der Waals surface area contributed by atoms with Crippen LogP contribution in [0.3, 0.4) is 0 Å². The van der Waals surface area contributed by atoms with Crippen LogP contribution in [0, 0.1) is 0 Å². The highest BCUT2D eigenvalue weighted by atomic mass is 32.2. The smallest absolute Gasteiger partial charge is 0.407 e. The van der Waals surface area contributed by atoms with E-state index in [-0.39, 0.29) is 6.04 Å². The van der Waals surface area contributed by atoms with Gasteiger partial charge in [-0.15, -0.1) is 0 Å². The van der Waals surface area contributed by atoms with Crippen molar-refractivity contribution in [3.05, 3.63) is 0 Å². The lowest BCUT2D eigenvalue weighted by molar-refractivity contribution is -0.108. The van der Waals surface area contributed by atoms with Crippen molar-refractivity contribution < 1.29 is 14.3 Å². The van der Waals surface area contributed by atoms with Gasteiger partial charge in [-0.05, 0) is 26.5 Å². The van der Waals surface area contributed by atoms with Crippen molar-refractivity contribution in [3.63, 3.8) is 0 Å². The maximum Gasteiger partial charge on any atom is 0.407 e. The van der Waals surface area contributed by atoms with Gasteiger partial charge in [0.2, 0.25) is 0 Å². The van der Waals surface area contributed by atoms with Crippen LogP contribution in [0.15, 0.2) is 0 Å². The topological polar surface area (TPSA) is 55.4 Å². The molecule has 0 aromatic carbocycles. The number of hydrogen-bond donors (Lipinski definition) is 1. The van der Waals surface area contributed by atoms with Crippen molar-refractivity contribution in [1.82, 2.24) is 5.32 Å². The molecule has 1 amide bonds.